The smallest absolute Gasteiger partial charge is 0.410 e. The highest BCUT2D eigenvalue weighted by atomic mass is 16.6. The molecular formula is C14H29N3O2. The largest absolute Gasteiger partial charge is 0.447 e. The van der Waals surface area contributed by atoms with Crippen LogP contribution in [0.1, 0.15) is 34.6 Å². The van der Waals surface area contributed by atoms with Crippen molar-refractivity contribution in [3.05, 3.63) is 0 Å². The number of piperazine rings is 1. The molecule has 5 nitrogen and oxygen atoms in total. The van der Waals surface area contributed by atoms with Crippen molar-refractivity contribution in [1.82, 2.24) is 15.1 Å². The number of carbonyl (C=O) groups is 1. The molecule has 0 aromatic carbocycles. The minimum Gasteiger partial charge on any atom is -0.447 e. The number of nitrogens with one attached hydrogen (secondary N) is 1. The number of rotatable bonds is 4. The summed E-state index contributed by atoms with van der Waals surface area (Å²) in [6, 6.07) is 0. The van der Waals surface area contributed by atoms with Crippen molar-refractivity contribution in [2.75, 3.05) is 39.3 Å². The Kier molecular flexibility index (Phi) is 6.07. The molecule has 0 spiro atoms. The first-order valence-electron chi connectivity index (χ1n) is 7.21. The lowest BCUT2D eigenvalue weighted by Gasteiger charge is -2.35. The normalized spacial score (nSPS) is 17.9. The molecule has 0 aromatic heterocycles. The van der Waals surface area contributed by atoms with E-state index in [0.717, 1.165) is 39.3 Å². The summed E-state index contributed by atoms with van der Waals surface area (Å²) in [6.07, 6.45) is -0.219. The van der Waals surface area contributed by atoms with E-state index >= 15 is 0 Å². The second kappa shape index (κ2) is 7.10. The fraction of sp³-hybridized carbons (Fsp3) is 0.929. The fourth-order valence-corrected chi connectivity index (χ4v) is 2.02. The highest BCUT2D eigenvalue weighted by Gasteiger charge is 2.22. The molecule has 0 bridgehead atoms. The van der Waals surface area contributed by atoms with Gasteiger partial charge in [-0.05, 0) is 34.6 Å². The van der Waals surface area contributed by atoms with Gasteiger partial charge in [0.25, 0.3) is 0 Å². The van der Waals surface area contributed by atoms with E-state index in [1.54, 1.807) is 4.90 Å². The zero-order valence-electron chi connectivity index (χ0n) is 13.0. The van der Waals surface area contributed by atoms with Crippen molar-refractivity contribution in [2.24, 2.45) is 0 Å². The maximum Gasteiger partial charge on any atom is 0.410 e. The molecule has 1 heterocycles. The Labute approximate surface area is 117 Å². The average molecular weight is 271 g/mol. The number of carbonyl (C=O) groups excluding carboxylic acids is 1. The summed E-state index contributed by atoms with van der Waals surface area (Å²) in [5.41, 5.74) is 0.170. The topological polar surface area (TPSA) is 44.8 Å². The summed E-state index contributed by atoms with van der Waals surface area (Å²) in [6.45, 7) is 15.7. The SMILES string of the molecule is CC(C)OC(=O)N1CCN(CCNC(C)(C)C)CC1. The second-order valence-electron chi connectivity index (χ2n) is 6.44. The maximum atomic E-state index is 11.7. The lowest BCUT2D eigenvalue weighted by molar-refractivity contribution is 0.0571. The highest BCUT2D eigenvalue weighted by molar-refractivity contribution is 5.67. The standard InChI is InChI=1S/C14H29N3O2/c1-12(2)19-13(18)17-10-8-16(9-11-17)7-6-15-14(3,4)5/h12,15H,6-11H2,1-5H3. The molecule has 0 radical (unpaired) electrons. The van der Waals surface area contributed by atoms with Crippen LogP contribution in [-0.2, 0) is 4.74 Å². The molecule has 0 unspecified atom stereocenters. The second-order valence-corrected chi connectivity index (χ2v) is 6.44. The van der Waals surface area contributed by atoms with Crippen molar-refractivity contribution >= 4 is 6.09 Å². The van der Waals surface area contributed by atoms with Crippen LogP contribution in [0.25, 0.3) is 0 Å². The highest BCUT2D eigenvalue weighted by Crippen LogP contribution is 2.05. The van der Waals surface area contributed by atoms with Crippen molar-refractivity contribution in [3.8, 4) is 0 Å². The molecule has 112 valence electrons. The van der Waals surface area contributed by atoms with E-state index in [2.05, 4.69) is 31.0 Å². The maximum absolute atomic E-state index is 11.7. The lowest BCUT2D eigenvalue weighted by Crippen LogP contribution is -2.51. The zero-order chi connectivity index (χ0) is 14.5. The predicted molar refractivity (Wildman–Crippen MR) is 77.4 cm³/mol. The third-order valence-electron chi connectivity index (χ3n) is 3.05. The van der Waals surface area contributed by atoms with Gasteiger partial charge in [0.05, 0.1) is 6.10 Å². The van der Waals surface area contributed by atoms with Crippen LogP contribution < -0.4 is 5.32 Å². The van der Waals surface area contributed by atoms with E-state index in [-0.39, 0.29) is 17.7 Å². The van der Waals surface area contributed by atoms with Crippen LogP contribution in [0.15, 0.2) is 0 Å². The minimum atomic E-state index is -0.178. The van der Waals surface area contributed by atoms with Gasteiger partial charge in [-0.3, -0.25) is 4.90 Å². The van der Waals surface area contributed by atoms with E-state index in [0.29, 0.717) is 0 Å². The third kappa shape index (κ3) is 6.78. The Balaban J connectivity index is 2.20. The van der Waals surface area contributed by atoms with Crippen LogP contribution >= 0.6 is 0 Å². The van der Waals surface area contributed by atoms with Gasteiger partial charge in [-0.25, -0.2) is 4.79 Å². The number of hydrogen-bond acceptors (Lipinski definition) is 4. The minimum absolute atomic E-state index is 0.0403. The van der Waals surface area contributed by atoms with Gasteiger partial charge in [0, 0.05) is 44.8 Å². The summed E-state index contributed by atoms with van der Waals surface area (Å²) in [5.74, 6) is 0. The molecule has 0 saturated carbocycles. The zero-order valence-corrected chi connectivity index (χ0v) is 13.0. The molecule has 1 aliphatic heterocycles. The Morgan fingerprint density at radius 2 is 1.79 bits per heavy atom. The molecule has 19 heavy (non-hydrogen) atoms. The predicted octanol–water partition coefficient (Wildman–Crippen LogP) is 1.54. The van der Waals surface area contributed by atoms with E-state index in [9.17, 15) is 4.79 Å². The van der Waals surface area contributed by atoms with Gasteiger partial charge in [0.15, 0.2) is 0 Å². The van der Waals surface area contributed by atoms with Crippen molar-refractivity contribution in [2.45, 2.75) is 46.3 Å². The summed E-state index contributed by atoms with van der Waals surface area (Å²) in [5, 5.41) is 3.48. The van der Waals surface area contributed by atoms with E-state index in [4.69, 9.17) is 4.74 Å². The summed E-state index contributed by atoms with van der Waals surface area (Å²) in [7, 11) is 0. The molecule has 1 rings (SSSR count). The molecule has 1 amide bonds. The number of amides is 1. The summed E-state index contributed by atoms with van der Waals surface area (Å²) < 4.78 is 5.21. The van der Waals surface area contributed by atoms with Crippen LogP contribution in [0.5, 0.6) is 0 Å². The third-order valence-corrected chi connectivity index (χ3v) is 3.05. The Bertz CT molecular complexity index is 279. The molecule has 1 aliphatic rings. The molecule has 1 fully saturated rings. The summed E-state index contributed by atoms with van der Waals surface area (Å²) >= 11 is 0. The van der Waals surface area contributed by atoms with Crippen LogP contribution in [0, 0.1) is 0 Å². The molecule has 0 atom stereocenters. The molecule has 0 aromatic rings. The van der Waals surface area contributed by atoms with Crippen LogP contribution in [0.4, 0.5) is 4.79 Å². The quantitative estimate of drug-likeness (QED) is 0.842. The van der Waals surface area contributed by atoms with E-state index in [1.807, 2.05) is 13.8 Å². The van der Waals surface area contributed by atoms with E-state index in [1.165, 1.54) is 0 Å². The van der Waals surface area contributed by atoms with Crippen molar-refractivity contribution in [1.29, 1.82) is 0 Å². The van der Waals surface area contributed by atoms with Gasteiger partial charge in [0.1, 0.15) is 0 Å². The number of hydrogen-bond donors (Lipinski definition) is 1. The molecule has 5 heteroatoms. The average Bonchev–Trinajstić information content (AvgIpc) is 2.27. The van der Waals surface area contributed by atoms with Gasteiger partial charge in [-0.1, -0.05) is 0 Å². The summed E-state index contributed by atoms with van der Waals surface area (Å²) in [4.78, 5) is 15.9. The van der Waals surface area contributed by atoms with Gasteiger partial charge < -0.3 is 15.0 Å². The molecule has 1 N–H and O–H groups in total. The van der Waals surface area contributed by atoms with Crippen LogP contribution in [-0.4, -0.2) is 66.8 Å². The lowest BCUT2D eigenvalue weighted by atomic mass is 10.1. The molecule has 0 aliphatic carbocycles. The monoisotopic (exact) mass is 271 g/mol. The first-order chi connectivity index (χ1) is 8.78. The van der Waals surface area contributed by atoms with Crippen molar-refractivity contribution in [3.63, 3.8) is 0 Å². The Morgan fingerprint density at radius 1 is 1.21 bits per heavy atom. The molecular weight excluding hydrogens is 242 g/mol. The Morgan fingerprint density at radius 3 is 2.26 bits per heavy atom. The van der Waals surface area contributed by atoms with Crippen LogP contribution in [0.3, 0.4) is 0 Å². The van der Waals surface area contributed by atoms with Gasteiger partial charge in [-0.15, -0.1) is 0 Å². The van der Waals surface area contributed by atoms with Gasteiger partial charge >= 0.3 is 6.09 Å². The van der Waals surface area contributed by atoms with Crippen LogP contribution in [0.2, 0.25) is 0 Å². The van der Waals surface area contributed by atoms with E-state index < -0.39 is 0 Å². The van der Waals surface area contributed by atoms with Crippen molar-refractivity contribution < 1.29 is 9.53 Å². The van der Waals surface area contributed by atoms with Gasteiger partial charge in [0.2, 0.25) is 0 Å². The number of nitrogens with zero attached hydrogens (tertiary/aromatic N) is 2. The molecule has 1 saturated heterocycles. The Hall–Kier alpha value is -0.810. The first-order valence-corrected chi connectivity index (χ1v) is 7.21. The van der Waals surface area contributed by atoms with Gasteiger partial charge in [-0.2, -0.15) is 0 Å². The first kappa shape index (κ1) is 16.2. The number of ether oxygens (including phenoxy) is 1. The fourth-order valence-electron chi connectivity index (χ4n) is 2.02.